The average Bonchev–Trinajstić information content (AvgIpc) is 2.82. The van der Waals surface area contributed by atoms with Crippen molar-refractivity contribution in [2.24, 2.45) is 5.73 Å². The predicted molar refractivity (Wildman–Crippen MR) is 69.1 cm³/mol. The summed E-state index contributed by atoms with van der Waals surface area (Å²) in [6.45, 7) is 0.278. The Morgan fingerprint density at radius 1 is 1.50 bits per heavy atom. The van der Waals surface area contributed by atoms with Crippen molar-refractivity contribution in [1.82, 2.24) is 0 Å². The minimum Gasteiger partial charge on any atom is -0.480 e. The monoisotopic (exact) mass is 282 g/mol. The molecule has 0 saturated carbocycles. The fourth-order valence-corrected chi connectivity index (χ4v) is 2.36. The molecule has 0 aliphatic carbocycles. The topological polar surface area (TPSA) is 92.9 Å². The smallest absolute Gasteiger partial charge is 0.326 e. The average molecular weight is 282 g/mol. The van der Waals surface area contributed by atoms with Crippen LogP contribution in [-0.4, -0.2) is 42.8 Å². The molecule has 1 aliphatic rings. The van der Waals surface area contributed by atoms with Gasteiger partial charge >= 0.3 is 5.97 Å². The highest BCUT2D eigenvalue weighted by molar-refractivity contribution is 5.93. The summed E-state index contributed by atoms with van der Waals surface area (Å²) in [5, 5.41) is 9.20. The van der Waals surface area contributed by atoms with Gasteiger partial charge in [0.1, 0.15) is 11.9 Å². The van der Waals surface area contributed by atoms with Gasteiger partial charge in [-0.1, -0.05) is 0 Å². The fraction of sp³-hybridized carbons (Fsp3) is 0.385. The highest BCUT2D eigenvalue weighted by Crippen LogP contribution is 2.29. The maximum atomic E-state index is 14.0. The lowest BCUT2D eigenvalue weighted by molar-refractivity contribution is -0.138. The molecule has 1 aromatic carbocycles. The van der Waals surface area contributed by atoms with Crippen molar-refractivity contribution in [3.63, 3.8) is 0 Å². The van der Waals surface area contributed by atoms with Gasteiger partial charge in [0.2, 0.25) is 5.91 Å². The van der Waals surface area contributed by atoms with Gasteiger partial charge in [0.15, 0.2) is 0 Å². The lowest BCUT2D eigenvalue weighted by Crippen LogP contribution is -2.36. The first-order valence-electron chi connectivity index (χ1n) is 6.05. The number of rotatable bonds is 4. The van der Waals surface area contributed by atoms with Gasteiger partial charge < -0.3 is 20.5 Å². The third-order valence-electron chi connectivity index (χ3n) is 3.42. The molecule has 0 radical (unpaired) electrons. The Kier molecular flexibility index (Phi) is 3.89. The molecule has 1 saturated heterocycles. The Hall–Kier alpha value is -2.15. The van der Waals surface area contributed by atoms with Crippen molar-refractivity contribution in [1.29, 1.82) is 0 Å². The second-order valence-corrected chi connectivity index (χ2v) is 4.63. The Labute approximate surface area is 114 Å². The third-order valence-corrected chi connectivity index (χ3v) is 3.42. The first-order valence-corrected chi connectivity index (χ1v) is 6.05. The Morgan fingerprint density at radius 3 is 2.70 bits per heavy atom. The molecule has 7 heteroatoms. The standard InChI is InChI=1S/C13H15FN2O4/c1-20-8-5-11(13(18)19)16(6-8)10-3-2-7(12(15)17)4-9(10)14/h2-4,8,11H,5-6H2,1H3,(H2,15,17)(H,18,19). The lowest BCUT2D eigenvalue weighted by atomic mass is 10.1. The number of anilines is 1. The van der Waals surface area contributed by atoms with Crippen molar-refractivity contribution in [3.05, 3.63) is 29.6 Å². The number of carbonyl (C=O) groups is 2. The summed E-state index contributed by atoms with van der Waals surface area (Å²) in [5.41, 5.74) is 5.24. The maximum Gasteiger partial charge on any atom is 0.326 e. The molecule has 1 fully saturated rings. The third kappa shape index (κ3) is 2.57. The molecule has 0 bridgehead atoms. The largest absolute Gasteiger partial charge is 0.480 e. The van der Waals surface area contributed by atoms with Gasteiger partial charge in [-0.2, -0.15) is 0 Å². The van der Waals surface area contributed by atoms with E-state index in [1.165, 1.54) is 24.1 Å². The van der Waals surface area contributed by atoms with Crippen molar-refractivity contribution in [3.8, 4) is 0 Å². The van der Waals surface area contributed by atoms with Crippen LogP contribution in [0.4, 0.5) is 10.1 Å². The first-order chi connectivity index (χ1) is 9.43. The number of carbonyl (C=O) groups excluding carboxylic acids is 1. The fourth-order valence-electron chi connectivity index (χ4n) is 2.36. The Bertz CT molecular complexity index is 549. The summed E-state index contributed by atoms with van der Waals surface area (Å²) in [5.74, 6) is -2.45. The normalized spacial score (nSPS) is 22.0. The van der Waals surface area contributed by atoms with Crippen LogP contribution in [0.25, 0.3) is 0 Å². The number of methoxy groups -OCH3 is 1. The molecule has 3 N–H and O–H groups in total. The maximum absolute atomic E-state index is 14.0. The molecule has 6 nitrogen and oxygen atoms in total. The van der Waals surface area contributed by atoms with Crippen LogP contribution >= 0.6 is 0 Å². The van der Waals surface area contributed by atoms with Crippen molar-refractivity contribution in [2.75, 3.05) is 18.6 Å². The number of amides is 1. The summed E-state index contributed by atoms with van der Waals surface area (Å²) in [6, 6.07) is 2.90. The van der Waals surface area contributed by atoms with Gasteiger partial charge in [-0.15, -0.1) is 0 Å². The number of nitrogens with zero attached hydrogens (tertiary/aromatic N) is 1. The molecule has 1 amide bonds. The molecule has 1 heterocycles. The van der Waals surface area contributed by atoms with E-state index in [0.29, 0.717) is 0 Å². The van der Waals surface area contributed by atoms with Crippen molar-refractivity contribution in [2.45, 2.75) is 18.6 Å². The second kappa shape index (κ2) is 5.46. The number of hydrogen-bond acceptors (Lipinski definition) is 4. The van der Waals surface area contributed by atoms with Gasteiger partial charge in [0.05, 0.1) is 11.8 Å². The molecule has 2 rings (SSSR count). The quantitative estimate of drug-likeness (QED) is 0.843. The zero-order valence-corrected chi connectivity index (χ0v) is 10.9. The number of carboxylic acids is 1. The van der Waals surface area contributed by atoms with E-state index in [1.807, 2.05) is 0 Å². The molecule has 1 aromatic rings. The highest BCUT2D eigenvalue weighted by Gasteiger charge is 2.38. The number of halogens is 1. The summed E-state index contributed by atoms with van der Waals surface area (Å²) in [7, 11) is 1.49. The molecule has 0 aromatic heterocycles. The summed E-state index contributed by atoms with van der Waals surface area (Å²) >= 11 is 0. The van der Waals surface area contributed by atoms with Gasteiger partial charge in [-0.05, 0) is 18.2 Å². The zero-order chi connectivity index (χ0) is 14.9. The number of ether oxygens (including phenoxy) is 1. The second-order valence-electron chi connectivity index (χ2n) is 4.63. The number of carboxylic acid groups (broad SMARTS) is 1. The van der Waals surface area contributed by atoms with Crippen molar-refractivity contribution < 1.29 is 23.8 Å². The number of hydrogen-bond donors (Lipinski definition) is 2. The minimum absolute atomic E-state index is 0.0422. The number of nitrogens with two attached hydrogens (primary N) is 1. The van der Waals surface area contributed by atoms with Crippen LogP contribution in [0.3, 0.4) is 0 Å². The molecule has 1 aliphatic heterocycles. The predicted octanol–water partition coefficient (Wildman–Crippen LogP) is 0.603. The number of primary amides is 1. The Balaban J connectivity index is 2.34. The summed E-state index contributed by atoms with van der Waals surface area (Å²) in [6.07, 6.45) is 0.00867. The van der Waals surface area contributed by atoms with E-state index in [0.717, 1.165) is 6.07 Å². The summed E-state index contributed by atoms with van der Waals surface area (Å²) < 4.78 is 19.2. The molecular weight excluding hydrogens is 267 g/mol. The van der Waals surface area contributed by atoms with E-state index in [4.69, 9.17) is 10.5 Å². The SMILES string of the molecule is COC1CC(C(=O)O)N(c2ccc(C(N)=O)cc2F)C1. The summed E-state index contributed by atoms with van der Waals surface area (Å²) in [4.78, 5) is 23.7. The van der Waals surface area contributed by atoms with Crippen molar-refractivity contribution >= 4 is 17.6 Å². The zero-order valence-electron chi connectivity index (χ0n) is 10.9. The van der Waals surface area contributed by atoms with E-state index in [9.17, 15) is 19.1 Å². The molecule has 108 valence electrons. The molecule has 0 spiro atoms. The van der Waals surface area contributed by atoms with Gasteiger partial charge in [-0.3, -0.25) is 4.79 Å². The van der Waals surface area contributed by atoms with Crippen LogP contribution in [0.15, 0.2) is 18.2 Å². The van der Waals surface area contributed by atoms with Gasteiger partial charge in [0, 0.05) is 25.6 Å². The van der Waals surface area contributed by atoms with E-state index in [2.05, 4.69) is 0 Å². The Morgan fingerprint density at radius 2 is 2.20 bits per heavy atom. The van der Waals surface area contributed by atoms with E-state index < -0.39 is 23.7 Å². The van der Waals surface area contributed by atoms with E-state index in [-0.39, 0.29) is 30.3 Å². The lowest BCUT2D eigenvalue weighted by Gasteiger charge is -2.24. The van der Waals surface area contributed by atoms with Crippen LogP contribution < -0.4 is 10.6 Å². The molecular formula is C13H15FN2O4. The first kappa shape index (κ1) is 14.3. The molecule has 2 atom stereocenters. The van der Waals surface area contributed by atoms with Crippen LogP contribution in [-0.2, 0) is 9.53 Å². The van der Waals surface area contributed by atoms with E-state index in [1.54, 1.807) is 0 Å². The molecule has 2 unspecified atom stereocenters. The van der Waals surface area contributed by atoms with Crippen LogP contribution in [0.2, 0.25) is 0 Å². The van der Waals surface area contributed by atoms with Crippen LogP contribution in [0, 0.1) is 5.82 Å². The van der Waals surface area contributed by atoms with Gasteiger partial charge in [0.25, 0.3) is 0 Å². The minimum atomic E-state index is -1.04. The number of aliphatic carboxylic acids is 1. The highest BCUT2D eigenvalue weighted by atomic mass is 19.1. The van der Waals surface area contributed by atoms with Crippen LogP contribution in [0.5, 0.6) is 0 Å². The number of benzene rings is 1. The van der Waals surface area contributed by atoms with Crippen LogP contribution in [0.1, 0.15) is 16.8 Å². The molecule has 20 heavy (non-hydrogen) atoms. The van der Waals surface area contributed by atoms with Gasteiger partial charge in [-0.25, -0.2) is 9.18 Å². The van der Waals surface area contributed by atoms with E-state index >= 15 is 0 Å².